The van der Waals surface area contributed by atoms with Gasteiger partial charge in [0.1, 0.15) is 5.82 Å². The average Bonchev–Trinajstić information content (AvgIpc) is 3.04. The normalized spacial score (nSPS) is 15.6. The maximum atomic E-state index is 12.5. The highest BCUT2D eigenvalue weighted by molar-refractivity contribution is 5.95. The number of aromatic amines is 1. The molecule has 0 radical (unpaired) electrons. The Morgan fingerprint density at radius 1 is 1.17 bits per heavy atom. The number of aryl methyl sites for hydroxylation is 1. The number of rotatable bonds is 5. The molecule has 1 aliphatic rings. The molecule has 30 heavy (non-hydrogen) atoms. The summed E-state index contributed by atoms with van der Waals surface area (Å²) < 4.78 is 12.9. The van der Waals surface area contributed by atoms with Crippen LogP contribution in [0.2, 0.25) is 0 Å². The Balaban J connectivity index is 1.80. The van der Waals surface area contributed by atoms with E-state index in [0.717, 1.165) is 16.8 Å². The van der Waals surface area contributed by atoms with Crippen LogP contribution in [0.4, 0.5) is 5.82 Å². The molecular weight excluding hydrogens is 386 g/mol. The molecule has 9 nitrogen and oxygen atoms in total. The Hall–Kier alpha value is -3.62. The molecule has 1 atom stereocenters. The van der Waals surface area contributed by atoms with Crippen LogP contribution in [-0.2, 0) is 4.79 Å². The van der Waals surface area contributed by atoms with Crippen LogP contribution in [-0.4, -0.2) is 39.1 Å². The second kappa shape index (κ2) is 7.66. The molecule has 0 saturated carbocycles. The number of anilines is 1. The number of H-pyrrole nitrogens is 1. The quantitative estimate of drug-likeness (QED) is 0.670. The van der Waals surface area contributed by atoms with E-state index >= 15 is 0 Å². The van der Waals surface area contributed by atoms with E-state index in [1.807, 2.05) is 39.0 Å². The van der Waals surface area contributed by atoms with Crippen LogP contribution in [0.3, 0.4) is 0 Å². The molecule has 156 valence electrons. The number of nitrogens with one attached hydrogen (secondary N) is 2. The summed E-state index contributed by atoms with van der Waals surface area (Å²) in [4.78, 5) is 23.9. The Bertz CT molecular complexity index is 1140. The highest BCUT2D eigenvalue weighted by Gasteiger charge is 2.33. The van der Waals surface area contributed by atoms with Gasteiger partial charge in [-0.05, 0) is 44.5 Å². The van der Waals surface area contributed by atoms with Crippen molar-refractivity contribution in [3.63, 3.8) is 0 Å². The zero-order valence-corrected chi connectivity index (χ0v) is 17.2. The van der Waals surface area contributed by atoms with E-state index in [1.54, 1.807) is 13.2 Å². The van der Waals surface area contributed by atoms with Gasteiger partial charge in [-0.25, -0.2) is 5.10 Å². The maximum Gasteiger partial charge on any atom is 0.264 e. The molecule has 0 spiro atoms. The number of hydrogen-bond donors (Lipinski definition) is 2. The van der Waals surface area contributed by atoms with Gasteiger partial charge in [0.2, 0.25) is 5.91 Å². The molecule has 0 fully saturated rings. The summed E-state index contributed by atoms with van der Waals surface area (Å²) in [5.74, 6) is 1.91. The van der Waals surface area contributed by atoms with E-state index in [9.17, 15) is 9.59 Å². The number of ether oxygens (including phenoxy) is 2. The third kappa shape index (κ3) is 3.54. The molecule has 1 aliphatic heterocycles. The fourth-order valence-corrected chi connectivity index (χ4v) is 3.70. The number of carbonyl (C=O) groups excluding carboxylic acids is 1. The highest BCUT2D eigenvalue weighted by Crippen LogP contribution is 2.42. The summed E-state index contributed by atoms with van der Waals surface area (Å²) in [6, 6.07) is 8.64. The van der Waals surface area contributed by atoms with Gasteiger partial charge in [-0.3, -0.25) is 9.59 Å². The lowest BCUT2D eigenvalue weighted by atomic mass is 9.85. The monoisotopic (exact) mass is 409 g/mol. The van der Waals surface area contributed by atoms with Crippen LogP contribution >= 0.6 is 0 Å². The third-order valence-corrected chi connectivity index (χ3v) is 4.94. The van der Waals surface area contributed by atoms with E-state index in [4.69, 9.17) is 9.47 Å². The molecule has 1 amide bonds. The molecule has 1 aromatic carbocycles. The second-order valence-electron chi connectivity index (χ2n) is 7.42. The number of carbonyl (C=O) groups is 1. The first-order valence-corrected chi connectivity index (χ1v) is 9.67. The Morgan fingerprint density at radius 2 is 1.97 bits per heavy atom. The van der Waals surface area contributed by atoms with Crippen molar-refractivity contribution in [2.24, 2.45) is 0 Å². The molecule has 0 bridgehead atoms. The van der Waals surface area contributed by atoms with Crippen molar-refractivity contribution in [3.05, 3.63) is 57.5 Å². The van der Waals surface area contributed by atoms with Crippen molar-refractivity contribution < 1.29 is 14.3 Å². The van der Waals surface area contributed by atoms with E-state index in [1.165, 1.54) is 10.7 Å². The van der Waals surface area contributed by atoms with Crippen molar-refractivity contribution in [2.75, 3.05) is 12.4 Å². The van der Waals surface area contributed by atoms with Crippen LogP contribution < -0.4 is 20.3 Å². The highest BCUT2D eigenvalue weighted by atomic mass is 16.5. The van der Waals surface area contributed by atoms with Gasteiger partial charge >= 0.3 is 0 Å². The lowest BCUT2D eigenvalue weighted by Crippen LogP contribution is -2.25. The zero-order chi connectivity index (χ0) is 21.4. The number of methoxy groups -OCH3 is 1. The van der Waals surface area contributed by atoms with Crippen molar-refractivity contribution in [2.45, 2.75) is 39.2 Å². The zero-order valence-electron chi connectivity index (χ0n) is 17.2. The maximum absolute atomic E-state index is 12.5. The van der Waals surface area contributed by atoms with Gasteiger partial charge in [0.15, 0.2) is 17.3 Å². The van der Waals surface area contributed by atoms with Crippen molar-refractivity contribution in [1.82, 2.24) is 20.0 Å². The van der Waals surface area contributed by atoms with Crippen molar-refractivity contribution >= 4 is 11.7 Å². The summed E-state index contributed by atoms with van der Waals surface area (Å²) in [5.41, 5.74) is 2.29. The van der Waals surface area contributed by atoms with Crippen LogP contribution in [0.15, 0.2) is 35.1 Å². The largest absolute Gasteiger partial charge is 0.493 e. The Kier molecular flexibility index (Phi) is 5.03. The van der Waals surface area contributed by atoms with Gasteiger partial charge in [-0.15, -0.1) is 0 Å². The summed E-state index contributed by atoms with van der Waals surface area (Å²) in [6.07, 6.45) is 0.300. The molecule has 9 heteroatoms. The SMILES string of the molecule is COc1cc([C@@H]2CC(=O)Nc3c2c(C)nn3-c2ccc(=O)[nH]n2)ccc1OC(C)C. The molecular formula is C21H23N5O4. The minimum absolute atomic E-state index is 0.0158. The Labute approximate surface area is 173 Å². The molecule has 0 aliphatic carbocycles. The molecule has 2 aromatic heterocycles. The summed E-state index contributed by atoms with van der Waals surface area (Å²) in [5, 5.41) is 13.9. The number of amides is 1. The minimum Gasteiger partial charge on any atom is -0.493 e. The topological polar surface area (TPSA) is 111 Å². The van der Waals surface area contributed by atoms with Gasteiger partial charge < -0.3 is 14.8 Å². The first-order valence-electron chi connectivity index (χ1n) is 9.67. The van der Waals surface area contributed by atoms with Crippen LogP contribution in [0.25, 0.3) is 5.82 Å². The molecule has 3 aromatic rings. The summed E-state index contributed by atoms with van der Waals surface area (Å²) in [6.45, 7) is 5.79. The number of nitrogens with zero attached hydrogens (tertiary/aromatic N) is 3. The molecule has 4 rings (SSSR count). The second-order valence-corrected chi connectivity index (χ2v) is 7.42. The first kappa shape index (κ1) is 19.7. The predicted octanol–water partition coefficient (Wildman–Crippen LogP) is 2.53. The van der Waals surface area contributed by atoms with E-state index in [-0.39, 0.29) is 29.9 Å². The summed E-state index contributed by atoms with van der Waals surface area (Å²) >= 11 is 0. The van der Waals surface area contributed by atoms with E-state index in [0.29, 0.717) is 23.1 Å². The summed E-state index contributed by atoms with van der Waals surface area (Å²) in [7, 11) is 1.59. The molecule has 0 unspecified atom stereocenters. The molecule has 3 heterocycles. The number of fused-ring (bicyclic) bond motifs is 1. The van der Waals surface area contributed by atoms with Crippen LogP contribution in [0.1, 0.15) is 43.0 Å². The van der Waals surface area contributed by atoms with E-state index < -0.39 is 0 Å². The van der Waals surface area contributed by atoms with Crippen molar-refractivity contribution in [1.29, 1.82) is 0 Å². The fraction of sp³-hybridized carbons (Fsp3) is 0.333. The standard InChI is InChI=1S/C21H23N5O4/c1-11(2)30-15-6-5-13(9-16(15)29-4)14-10-19(28)22-21-20(14)12(3)25-26(21)17-7-8-18(27)24-23-17/h5-9,11,14H,10H2,1-4H3,(H,22,28)(H,24,27)/t14-/m0/s1. The van der Waals surface area contributed by atoms with Crippen LogP contribution in [0.5, 0.6) is 11.5 Å². The predicted molar refractivity (Wildman–Crippen MR) is 111 cm³/mol. The van der Waals surface area contributed by atoms with Gasteiger partial charge in [0, 0.05) is 24.0 Å². The molecule has 0 saturated heterocycles. The Morgan fingerprint density at radius 3 is 2.63 bits per heavy atom. The fourth-order valence-electron chi connectivity index (χ4n) is 3.70. The van der Waals surface area contributed by atoms with Gasteiger partial charge in [-0.1, -0.05) is 6.07 Å². The van der Waals surface area contributed by atoms with E-state index in [2.05, 4.69) is 20.6 Å². The molecule has 2 N–H and O–H groups in total. The lowest BCUT2D eigenvalue weighted by molar-refractivity contribution is -0.116. The van der Waals surface area contributed by atoms with Crippen molar-refractivity contribution in [3.8, 4) is 17.3 Å². The lowest BCUT2D eigenvalue weighted by Gasteiger charge is -2.25. The number of aromatic nitrogens is 4. The van der Waals surface area contributed by atoms with Gasteiger partial charge in [0.25, 0.3) is 5.56 Å². The first-order chi connectivity index (χ1) is 14.4. The number of benzene rings is 1. The van der Waals surface area contributed by atoms with Gasteiger partial charge in [0.05, 0.1) is 18.9 Å². The van der Waals surface area contributed by atoms with Crippen LogP contribution in [0, 0.1) is 6.92 Å². The smallest absolute Gasteiger partial charge is 0.264 e. The number of hydrogen-bond acceptors (Lipinski definition) is 6. The average molecular weight is 409 g/mol. The minimum atomic E-state index is -0.311. The third-order valence-electron chi connectivity index (χ3n) is 4.94. The van der Waals surface area contributed by atoms with Gasteiger partial charge in [-0.2, -0.15) is 14.9 Å².